The molecule has 0 aromatic heterocycles. The number of hydrogen-bond donors (Lipinski definition) is 1. The van der Waals surface area contributed by atoms with Crippen LogP contribution in [-0.4, -0.2) is 5.91 Å². The summed E-state index contributed by atoms with van der Waals surface area (Å²) in [5.41, 5.74) is 2.53. The highest BCUT2D eigenvalue weighted by Gasteiger charge is 2.16. The summed E-state index contributed by atoms with van der Waals surface area (Å²) in [5, 5.41) is 2.77. The fraction of sp³-hybridized carbons (Fsp3) is 0.133. The number of nitrogens with one attached hydrogen (secondary N) is 1. The average molecular weight is 278 g/mol. The number of amides is 1. The summed E-state index contributed by atoms with van der Waals surface area (Å²) in [7, 11) is 0. The first-order valence-corrected chi connectivity index (χ1v) is 6.19. The number of rotatable bonds is 2. The molecule has 98 valence electrons. The number of halogens is 2. The molecule has 0 spiro atoms. The van der Waals surface area contributed by atoms with Crippen molar-refractivity contribution in [3.63, 3.8) is 0 Å². The van der Waals surface area contributed by atoms with Crippen molar-refractivity contribution in [2.45, 2.75) is 13.8 Å². The fourth-order valence-corrected chi connectivity index (χ4v) is 2.10. The molecule has 1 N–H and O–H groups in total. The quantitative estimate of drug-likeness (QED) is 0.869. The van der Waals surface area contributed by atoms with Crippen LogP contribution >= 0.6 is 11.6 Å². The largest absolute Gasteiger partial charge is 0.322 e. The van der Waals surface area contributed by atoms with Gasteiger partial charge in [-0.3, -0.25) is 4.79 Å². The zero-order valence-electron chi connectivity index (χ0n) is 10.6. The van der Waals surface area contributed by atoms with Gasteiger partial charge in [0.2, 0.25) is 0 Å². The zero-order valence-corrected chi connectivity index (χ0v) is 11.4. The average Bonchev–Trinajstić information content (AvgIpc) is 2.32. The van der Waals surface area contributed by atoms with Crippen molar-refractivity contribution in [2.24, 2.45) is 0 Å². The van der Waals surface area contributed by atoms with Crippen molar-refractivity contribution in [1.82, 2.24) is 0 Å². The molecule has 0 aliphatic heterocycles. The minimum absolute atomic E-state index is 0.0993. The summed E-state index contributed by atoms with van der Waals surface area (Å²) in [5.74, 6) is -1.18. The van der Waals surface area contributed by atoms with Gasteiger partial charge in [-0.05, 0) is 37.6 Å². The summed E-state index contributed by atoms with van der Waals surface area (Å²) < 4.78 is 13.6. The van der Waals surface area contributed by atoms with Crippen LogP contribution < -0.4 is 5.32 Å². The number of aryl methyl sites for hydroxylation is 2. The first kappa shape index (κ1) is 13.6. The van der Waals surface area contributed by atoms with Gasteiger partial charge in [0.1, 0.15) is 5.82 Å². The Labute approximate surface area is 116 Å². The Balaban J connectivity index is 2.31. The van der Waals surface area contributed by atoms with Gasteiger partial charge in [-0.2, -0.15) is 0 Å². The Morgan fingerprint density at radius 3 is 2.58 bits per heavy atom. The van der Waals surface area contributed by atoms with Crippen LogP contribution in [0.4, 0.5) is 10.1 Å². The minimum Gasteiger partial charge on any atom is -0.322 e. The summed E-state index contributed by atoms with van der Waals surface area (Å²) in [6, 6.07) is 9.78. The fourth-order valence-electron chi connectivity index (χ4n) is 1.85. The second-order valence-electron chi connectivity index (χ2n) is 4.37. The van der Waals surface area contributed by atoms with E-state index in [0.717, 1.165) is 11.1 Å². The molecule has 0 aliphatic rings. The maximum atomic E-state index is 13.6. The third-order valence-electron chi connectivity index (χ3n) is 2.82. The molecular weight excluding hydrogens is 265 g/mol. The number of benzene rings is 2. The Hall–Kier alpha value is -1.87. The van der Waals surface area contributed by atoms with Crippen LogP contribution in [0.5, 0.6) is 0 Å². The van der Waals surface area contributed by atoms with Gasteiger partial charge < -0.3 is 5.32 Å². The van der Waals surface area contributed by atoms with Crippen molar-refractivity contribution in [3.8, 4) is 0 Å². The lowest BCUT2D eigenvalue weighted by atomic mass is 10.1. The summed E-state index contributed by atoms with van der Waals surface area (Å²) >= 11 is 5.85. The van der Waals surface area contributed by atoms with Gasteiger partial charge in [0.15, 0.2) is 0 Å². The van der Waals surface area contributed by atoms with Gasteiger partial charge in [-0.15, -0.1) is 0 Å². The van der Waals surface area contributed by atoms with Crippen LogP contribution in [0, 0.1) is 19.7 Å². The van der Waals surface area contributed by atoms with E-state index in [2.05, 4.69) is 5.32 Å². The van der Waals surface area contributed by atoms with Gasteiger partial charge >= 0.3 is 0 Å². The molecule has 0 atom stereocenters. The highest BCUT2D eigenvalue weighted by molar-refractivity contribution is 6.34. The standard InChI is InChI=1S/C15H13ClFNO/c1-9-6-7-13(10(2)8-9)18-15(19)14-11(16)4-3-5-12(14)17/h3-8H,1-2H3,(H,18,19). The highest BCUT2D eigenvalue weighted by Crippen LogP contribution is 2.22. The predicted molar refractivity (Wildman–Crippen MR) is 75.3 cm³/mol. The minimum atomic E-state index is -0.630. The SMILES string of the molecule is Cc1ccc(NC(=O)c2c(F)cccc2Cl)c(C)c1. The van der Waals surface area contributed by atoms with E-state index >= 15 is 0 Å². The van der Waals surface area contributed by atoms with Gasteiger partial charge in [0, 0.05) is 5.69 Å². The van der Waals surface area contributed by atoms with E-state index < -0.39 is 11.7 Å². The Morgan fingerprint density at radius 1 is 1.21 bits per heavy atom. The maximum Gasteiger partial charge on any atom is 0.260 e. The van der Waals surface area contributed by atoms with Crippen molar-refractivity contribution < 1.29 is 9.18 Å². The van der Waals surface area contributed by atoms with Gasteiger partial charge in [-0.1, -0.05) is 35.4 Å². The monoisotopic (exact) mass is 277 g/mol. The lowest BCUT2D eigenvalue weighted by molar-refractivity contribution is 0.102. The molecule has 2 nitrogen and oxygen atoms in total. The highest BCUT2D eigenvalue weighted by atomic mass is 35.5. The van der Waals surface area contributed by atoms with Gasteiger partial charge in [-0.25, -0.2) is 4.39 Å². The van der Waals surface area contributed by atoms with Crippen molar-refractivity contribution in [2.75, 3.05) is 5.32 Å². The molecule has 0 heterocycles. The molecule has 0 unspecified atom stereocenters. The third kappa shape index (κ3) is 2.93. The molecular formula is C15H13ClFNO. The molecule has 4 heteroatoms. The van der Waals surface area contributed by atoms with Crippen molar-refractivity contribution in [3.05, 3.63) is 63.9 Å². The van der Waals surface area contributed by atoms with E-state index in [1.807, 2.05) is 26.0 Å². The molecule has 2 aromatic rings. The maximum absolute atomic E-state index is 13.6. The molecule has 0 saturated carbocycles. The van der Waals surface area contributed by atoms with Crippen molar-refractivity contribution in [1.29, 1.82) is 0 Å². The summed E-state index contributed by atoms with van der Waals surface area (Å²) in [6.07, 6.45) is 0. The van der Waals surface area contributed by atoms with Crippen LogP contribution in [0.15, 0.2) is 36.4 Å². The number of carbonyl (C=O) groups excluding carboxylic acids is 1. The van der Waals surface area contributed by atoms with E-state index in [9.17, 15) is 9.18 Å². The van der Waals surface area contributed by atoms with Crippen LogP contribution in [-0.2, 0) is 0 Å². The van der Waals surface area contributed by atoms with E-state index in [1.165, 1.54) is 18.2 Å². The van der Waals surface area contributed by atoms with E-state index in [1.54, 1.807) is 6.07 Å². The Bertz CT molecular complexity index is 620. The molecule has 2 aromatic carbocycles. The summed E-state index contributed by atoms with van der Waals surface area (Å²) in [6.45, 7) is 3.85. The Morgan fingerprint density at radius 2 is 1.95 bits per heavy atom. The molecule has 0 radical (unpaired) electrons. The molecule has 0 saturated heterocycles. The van der Waals surface area contributed by atoms with Crippen LogP contribution in [0.2, 0.25) is 5.02 Å². The van der Waals surface area contributed by atoms with Crippen molar-refractivity contribution >= 4 is 23.2 Å². The van der Waals surface area contributed by atoms with Crippen LogP contribution in [0.1, 0.15) is 21.5 Å². The topological polar surface area (TPSA) is 29.1 Å². The van der Waals surface area contributed by atoms with E-state index in [-0.39, 0.29) is 10.6 Å². The molecule has 0 bridgehead atoms. The molecule has 2 rings (SSSR count). The first-order valence-electron chi connectivity index (χ1n) is 5.81. The molecule has 19 heavy (non-hydrogen) atoms. The summed E-state index contributed by atoms with van der Waals surface area (Å²) in [4.78, 5) is 12.1. The van der Waals surface area contributed by atoms with Gasteiger partial charge in [0.25, 0.3) is 5.91 Å². The van der Waals surface area contributed by atoms with Gasteiger partial charge in [0.05, 0.1) is 10.6 Å². The lowest BCUT2D eigenvalue weighted by Gasteiger charge is -2.10. The predicted octanol–water partition coefficient (Wildman–Crippen LogP) is 4.35. The van der Waals surface area contributed by atoms with E-state index in [4.69, 9.17) is 11.6 Å². The number of carbonyl (C=O) groups is 1. The smallest absolute Gasteiger partial charge is 0.260 e. The molecule has 0 fully saturated rings. The zero-order chi connectivity index (χ0) is 14.0. The van der Waals surface area contributed by atoms with E-state index in [0.29, 0.717) is 5.69 Å². The Kier molecular flexibility index (Phi) is 3.86. The van der Waals surface area contributed by atoms with Crippen LogP contribution in [0.25, 0.3) is 0 Å². The second-order valence-corrected chi connectivity index (χ2v) is 4.78. The second kappa shape index (κ2) is 5.41. The first-order chi connectivity index (χ1) is 8.99. The number of hydrogen-bond acceptors (Lipinski definition) is 1. The molecule has 1 amide bonds. The third-order valence-corrected chi connectivity index (χ3v) is 3.13. The normalized spacial score (nSPS) is 10.3. The lowest BCUT2D eigenvalue weighted by Crippen LogP contribution is -2.15. The molecule has 0 aliphatic carbocycles. The number of anilines is 1. The van der Waals surface area contributed by atoms with Crippen LogP contribution in [0.3, 0.4) is 0 Å².